The minimum absolute atomic E-state index is 0.000819. The molecule has 26 heavy (non-hydrogen) atoms. The third kappa shape index (κ3) is 4.20. The first kappa shape index (κ1) is 17.9. The van der Waals surface area contributed by atoms with Gasteiger partial charge in [-0.3, -0.25) is 14.4 Å². The molecule has 3 rings (SSSR count). The Hall–Kier alpha value is -2.88. The van der Waals surface area contributed by atoms with Crippen molar-refractivity contribution in [2.24, 2.45) is 5.92 Å². The number of rotatable bonds is 5. The molecule has 1 aromatic carbocycles. The summed E-state index contributed by atoms with van der Waals surface area (Å²) in [6.45, 7) is -0.00741. The third-order valence-electron chi connectivity index (χ3n) is 4.90. The normalized spacial score (nSPS) is 20.0. The van der Waals surface area contributed by atoms with Crippen LogP contribution in [0.15, 0.2) is 24.3 Å². The molecule has 2 amide bonds. The average Bonchev–Trinajstić information content (AvgIpc) is 3.29. The lowest BCUT2D eigenvalue weighted by atomic mass is 10.1. The van der Waals surface area contributed by atoms with Gasteiger partial charge >= 0.3 is 5.97 Å². The number of hydrogen-bond donors (Lipinski definition) is 1. The minimum Gasteiger partial charge on any atom is -0.455 e. The van der Waals surface area contributed by atoms with Gasteiger partial charge in [0.05, 0.1) is 17.6 Å². The molecule has 1 aliphatic carbocycles. The fourth-order valence-electron chi connectivity index (χ4n) is 3.54. The molecule has 7 nitrogen and oxygen atoms in total. The highest BCUT2D eigenvalue weighted by atomic mass is 16.5. The van der Waals surface area contributed by atoms with Crippen LogP contribution in [0.5, 0.6) is 0 Å². The lowest BCUT2D eigenvalue weighted by Crippen LogP contribution is -2.35. The number of ether oxygens (including phenoxy) is 1. The zero-order chi connectivity index (χ0) is 18.5. The van der Waals surface area contributed by atoms with Gasteiger partial charge in [0.15, 0.2) is 6.61 Å². The van der Waals surface area contributed by atoms with E-state index in [0.717, 1.165) is 25.7 Å². The molecule has 0 spiro atoms. The van der Waals surface area contributed by atoms with Gasteiger partial charge in [-0.25, -0.2) is 0 Å². The van der Waals surface area contributed by atoms with Crippen LogP contribution in [0, 0.1) is 17.2 Å². The summed E-state index contributed by atoms with van der Waals surface area (Å²) in [4.78, 5) is 38.0. The number of carbonyl (C=O) groups excluding carboxylic acids is 3. The number of esters is 1. The summed E-state index contributed by atoms with van der Waals surface area (Å²) in [7, 11) is 0. The van der Waals surface area contributed by atoms with Crippen LogP contribution in [0.3, 0.4) is 0 Å². The van der Waals surface area contributed by atoms with E-state index in [0.29, 0.717) is 17.8 Å². The van der Waals surface area contributed by atoms with Gasteiger partial charge < -0.3 is 15.0 Å². The third-order valence-corrected chi connectivity index (χ3v) is 4.90. The zero-order valence-corrected chi connectivity index (χ0v) is 14.4. The highest BCUT2D eigenvalue weighted by molar-refractivity contribution is 5.93. The standard InChI is InChI=1S/C19H21N3O4/c20-10-13-5-7-15(8-6-13)21-17(23)12-26-19(25)14-9-18(24)22(11-14)16-3-1-2-4-16/h5-8,14,16H,1-4,9,11-12H2,(H,21,23)/t14-/m1/s1. The number of likely N-dealkylation sites (tertiary alicyclic amines) is 1. The maximum Gasteiger partial charge on any atom is 0.311 e. The number of nitriles is 1. The van der Waals surface area contributed by atoms with Crippen LogP contribution in [-0.4, -0.2) is 41.9 Å². The quantitative estimate of drug-likeness (QED) is 0.812. The van der Waals surface area contributed by atoms with E-state index >= 15 is 0 Å². The second-order valence-corrected chi connectivity index (χ2v) is 6.73. The molecule has 2 fully saturated rings. The molecular formula is C19H21N3O4. The van der Waals surface area contributed by atoms with Crippen molar-refractivity contribution in [3.05, 3.63) is 29.8 Å². The molecule has 1 saturated heterocycles. The zero-order valence-electron chi connectivity index (χ0n) is 14.4. The number of hydrogen-bond acceptors (Lipinski definition) is 5. The topological polar surface area (TPSA) is 99.5 Å². The van der Waals surface area contributed by atoms with E-state index in [1.54, 1.807) is 29.2 Å². The van der Waals surface area contributed by atoms with E-state index < -0.39 is 24.4 Å². The van der Waals surface area contributed by atoms with Gasteiger partial charge in [-0.05, 0) is 37.1 Å². The van der Waals surface area contributed by atoms with E-state index in [9.17, 15) is 14.4 Å². The number of anilines is 1. The molecular weight excluding hydrogens is 334 g/mol. The summed E-state index contributed by atoms with van der Waals surface area (Å²) >= 11 is 0. The first-order chi connectivity index (χ1) is 12.6. The Morgan fingerprint density at radius 2 is 1.92 bits per heavy atom. The van der Waals surface area contributed by atoms with Gasteiger partial charge in [0.1, 0.15) is 0 Å². The molecule has 0 bridgehead atoms. The van der Waals surface area contributed by atoms with E-state index in [4.69, 9.17) is 10.00 Å². The van der Waals surface area contributed by atoms with Crippen molar-refractivity contribution < 1.29 is 19.1 Å². The first-order valence-corrected chi connectivity index (χ1v) is 8.83. The summed E-state index contributed by atoms with van der Waals surface area (Å²) in [5.74, 6) is -1.46. The number of benzene rings is 1. The second kappa shape index (κ2) is 8.00. The molecule has 1 heterocycles. The molecule has 1 saturated carbocycles. The Morgan fingerprint density at radius 1 is 1.23 bits per heavy atom. The van der Waals surface area contributed by atoms with Gasteiger partial charge in [0.25, 0.3) is 5.91 Å². The number of nitrogens with zero attached hydrogens (tertiary/aromatic N) is 2. The molecule has 2 aliphatic rings. The van der Waals surface area contributed by atoms with Crippen molar-refractivity contribution in [2.75, 3.05) is 18.5 Å². The summed E-state index contributed by atoms with van der Waals surface area (Å²) in [5, 5.41) is 11.3. The minimum atomic E-state index is -0.506. The summed E-state index contributed by atoms with van der Waals surface area (Å²) in [5.41, 5.74) is 1.01. The Labute approximate surface area is 151 Å². The van der Waals surface area contributed by atoms with Crippen LogP contribution < -0.4 is 5.32 Å². The van der Waals surface area contributed by atoms with E-state index in [1.165, 1.54) is 0 Å². The summed E-state index contributed by atoms with van der Waals surface area (Å²) in [6.07, 6.45) is 4.41. The lowest BCUT2D eigenvalue weighted by molar-refractivity contribution is -0.151. The number of amides is 2. The molecule has 1 atom stereocenters. The van der Waals surface area contributed by atoms with Crippen molar-refractivity contribution in [1.82, 2.24) is 4.90 Å². The van der Waals surface area contributed by atoms with Crippen LogP contribution >= 0.6 is 0 Å². The van der Waals surface area contributed by atoms with Crippen molar-refractivity contribution in [3.63, 3.8) is 0 Å². The average molecular weight is 355 g/mol. The Balaban J connectivity index is 1.45. The van der Waals surface area contributed by atoms with Gasteiger partial charge in [-0.2, -0.15) is 5.26 Å². The maximum atomic E-state index is 12.2. The Kier molecular flexibility index (Phi) is 5.52. The largest absolute Gasteiger partial charge is 0.455 e. The van der Waals surface area contributed by atoms with E-state index in [1.807, 2.05) is 6.07 Å². The predicted octanol–water partition coefficient (Wildman–Crippen LogP) is 1.83. The molecule has 1 aliphatic heterocycles. The maximum absolute atomic E-state index is 12.2. The molecule has 0 unspecified atom stereocenters. The predicted molar refractivity (Wildman–Crippen MR) is 92.8 cm³/mol. The number of nitrogens with one attached hydrogen (secondary N) is 1. The van der Waals surface area contributed by atoms with Gasteiger partial charge in [0, 0.05) is 24.7 Å². The second-order valence-electron chi connectivity index (χ2n) is 6.73. The first-order valence-electron chi connectivity index (χ1n) is 8.83. The van der Waals surface area contributed by atoms with E-state index in [-0.39, 0.29) is 18.4 Å². The summed E-state index contributed by atoms with van der Waals surface area (Å²) in [6, 6.07) is 8.62. The molecule has 1 N–H and O–H groups in total. The molecule has 0 aromatic heterocycles. The fraction of sp³-hybridized carbons (Fsp3) is 0.474. The van der Waals surface area contributed by atoms with Gasteiger partial charge in [-0.15, -0.1) is 0 Å². The van der Waals surface area contributed by atoms with Crippen LogP contribution in [0.25, 0.3) is 0 Å². The highest BCUT2D eigenvalue weighted by Crippen LogP contribution is 2.29. The Bertz CT molecular complexity index is 732. The van der Waals surface area contributed by atoms with Crippen molar-refractivity contribution in [2.45, 2.75) is 38.1 Å². The van der Waals surface area contributed by atoms with Crippen LogP contribution in [0.4, 0.5) is 5.69 Å². The molecule has 1 aromatic rings. The van der Waals surface area contributed by atoms with Crippen molar-refractivity contribution in [1.29, 1.82) is 5.26 Å². The van der Waals surface area contributed by atoms with Gasteiger partial charge in [-0.1, -0.05) is 12.8 Å². The molecule has 0 radical (unpaired) electrons. The molecule has 136 valence electrons. The lowest BCUT2D eigenvalue weighted by Gasteiger charge is -2.23. The van der Waals surface area contributed by atoms with Crippen molar-refractivity contribution in [3.8, 4) is 6.07 Å². The summed E-state index contributed by atoms with van der Waals surface area (Å²) < 4.78 is 5.08. The fourth-order valence-corrected chi connectivity index (χ4v) is 3.54. The SMILES string of the molecule is N#Cc1ccc(NC(=O)COC(=O)[C@@H]2CC(=O)N(C3CCCC3)C2)cc1. The van der Waals surface area contributed by atoms with E-state index in [2.05, 4.69) is 5.32 Å². The highest BCUT2D eigenvalue weighted by Gasteiger charge is 2.39. The molecule has 7 heteroatoms. The van der Waals surface area contributed by atoms with Crippen molar-refractivity contribution >= 4 is 23.5 Å². The number of carbonyl (C=O) groups is 3. The Morgan fingerprint density at radius 3 is 2.58 bits per heavy atom. The van der Waals surface area contributed by atoms with Gasteiger partial charge in [0.2, 0.25) is 5.91 Å². The monoisotopic (exact) mass is 355 g/mol. The van der Waals surface area contributed by atoms with Crippen LogP contribution in [0.1, 0.15) is 37.7 Å². The van der Waals surface area contributed by atoms with Crippen LogP contribution in [0.2, 0.25) is 0 Å². The van der Waals surface area contributed by atoms with Crippen LogP contribution in [-0.2, 0) is 19.1 Å². The smallest absolute Gasteiger partial charge is 0.311 e.